The molecule has 2 aromatic heterocycles. The lowest BCUT2D eigenvalue weighted by Gasteiger charge is -2.16. The zero-order chi connectivity index (χ0) is 24.8. The fourth-order valence-corrected chi connectivity index (χ4v) is 5.74. The number of nitrogen functional groups attached to an aromatic ring is 1. The summed E-state index contributed by atoms with van der Waals surface area (Å²) in [5.41, 5.74) is 8.26. The summed E-state index contributed by atoms with van der Waals surface area (Å²) in [7, 11) is -4.73. The number of aliphatic hydroxyl groups excluding tert-OH is 2. The molecular weight excluding hydrogens is 495 g/mol. The second kappa shape index (κ2) is 9.38. The molecule has 0 amide bonds. The Morgan fingerprint density at radius 3 is 2.69 bits per heavy atom. The van der Waals surface area contributed by atoms with Gasteiger partial charge in [-0.05, 0) is 36.0 Å². The van der Waals surface area contributed by atoms with Gasteiger partial charge in [-0.25, -0.2) is 14.5 Å². The van der Waals surface area contributed by atoms with Crippen LogP contribution in [0.3, 0.4) is 0 Å². The number of hydrogen-bond acceptors (Lipinski definition) is 10. The van der Waals surface area contributed by atoms with Crippen molar-refractivity contribution in [1.29, 1.82) is 0 Å². The Bertz CT molecular complexity index is 1280. The smallest absolute Gasteiger partial charge is 0.387 e. The first-order valence-electron chi connectivity index (χ1n) is 11.0. The molecule has 1 aliphatic heterocycles. The van der Waals surface area contributed by atoms with Crippen molar-refractivity contribution in [3.8, 4) is 0 Å². The highest BCUT2D eigenvalue weighted by Crippen LogP contribution is 2.57. The molecule has 6 N–H and O–H groups in total. The van der Waals surface area contributed by atoms with Crippen molar-refractivity contribution in [2.45, 2.75) is 47.7 Å². The number of rotatable bonds is 8. The number of fused-ring (bicyclic) bond motifs is 1. The lowest BCUT2D eigenvalue weighted by atomic mass is 10.0. The van der Waals surface area contributed by atoms with Gasteiger partial charge in [-0.3, -0.25) is 9.51 Å². The first-order chi connectivity index (χ1) is 16.7. The number of pyridine rings is 1. The summed E-state index contributed by atoms with van der Waals surface area (Å²) >= 11 is 1.47. The lowest BCUT2D eigenvalue weighted by Crippen LogP contribution is -2.35. The molecule has 3 heterocycles. The van der Waals surface area contributed by atoms with Crippen LogP contribution in [0.2, 0.25) is 0 Å². The van der Waals surface area contributed by atoms with Crippen molar-refractivity contribution < 1.29 is 33.8 Å². The molecule has 1 spiro atoms. The number of phosphoric ester groups is 1. The van der Waals surface area contributed by atoms with Crippen molar-refractivity contribution in [2.24, 2.45) is 5.92 Å². The number of nitrogens with two attached hydrogens (primary N) is 1. The van der Waals surface area contributed by atoms with Gasteiger partial charge in [0.2, 0.25) is 0 Å². The third-order valence-electron chi connectivity index (χ3n) is 6.43. The molecule has 2 aliphatic rings. The largest absolute Gasteiger partial charge is 0.469 e. The number of nitrogens with zero attached hydrogens (tertiary/aromatic N) is 3. The third kappa shape index (κ3) is 5.07. The summed E-state index contributed by atoms with van der Waals surface area (Å²) in [6.07, 6.45) is -0.995. The highest BCUT2D eigenvalue weighted by Gasteiger charge is 2.68. The summed E-state index contributed by atoms with van der Waals surface area (Å²) < 4.78 is 21.3. The Labute approximate surface area is 205 Å². The van der Waals surface area contributed by atoms with E-state index in [2.05, 4.69) is 14.5 Å². The minimum Gasteiger partial charge on any atom is -0.387 e. The predicted octanol–water partition coefficient (Wildman–Crippen LogP) is 1.43. The van der Waals surface area contributed by atoms with E-state index in [0.717, 1.165) is 11.1 Å². The molecule has 0 radical (unpaired) electrons. The molecule has 0 unspecified atom stereocenters. The molecule has 11 nitrogen and oxygen atoms in total. The normalized spacial score (nSPS) is 28.1. The molecule has 35 heavy (non-hydrogen) atoms. The predicted molar refractivity (Wildman–Crippen MR) is 127 cm³/mol. The van der Waals surface area contributed by atoms with E-state index in [1.807, 2.05) is 36.4 Å². The van der Waals surface area contributed by atoms with Crippen molar-refractivity contribution in [3.05, 3.63) is 53.7 Å². The Morgan fingerprint density at radius 2 is 1.94 bits per heavy atom. The lowest BCUT2D eigenvalue weighted by molar-refractivity contribution is -0.0400. The molecule has 3 aromatic rings. The van der Waals surface area contributed by atoms with Crippen molar-refractivity contribution in [3.63, 3.8) is 0 Å². The molecular formula is C22H25N4O7PS. The van der Waals surface area contributed by atoms with Gasteiger partial charge in [-0.2, -0.15) is 0 Å². The van der Waals surface area contributed by atoms with Crippen LogP contribution in [0.5, 0.6) is 0 Å². The zero-order valence-electron chi connectivity index (χ0n) is 18.5. The highest BCUT2D eigenvalue weighted by atomic mass is 32.2. The maximum absolute atomic E-state index is 11.0. The average molecular weight is 521 g/mol. The fourth-order valence-electron chi connectivity index (χ4n) is 4.59. The molecule has 186 valence electrons. The van der Waals surface area contributed by atoms with Crippen LogP contribution in [0.1, 0.15) is 17.5 Å². The van der Waals surface area contributed by atoms with E-state index in [1.165, 1.54) is 11.8 Å². The van der Waals surface area contributed by atoms with Gasteiger partial charge in [0.05, 0.1) is 12.1 Å². The monoisotopic (exact) mass is 520 g/mol. The average Bonchev–Trinajstić information content (AvgIpc) is 3.46. The molecule has 2 fully saturated rings. The van der Waals surface area contributed by atoms with Crippen LogP contribution >= 0.6 is 19.6 Å². The number of thioether (sulfide) groups is 1. The van der Waals surface area contributed by atoms with E-state index >= 15 is 0 Å². The SMILES string of the molecule is Nc1nc(SCc2ccccc2)nc2c(C[C@H]3C[C@@]34O[C@H](COP(=O)(O)O)[C@@H](O)[C@H]4O)ccnc12. The second-order valence-electron chi connectivity index (χ2n) is 8.77. The van der Waals surface area contributed by atoms with Crippen LogP contribution in [0.15, 0.2) is 47.8 Å². The number of hydrogen-bond donors (Lipinski definition) is 5. The topological polar surface area (TPSA) is 181 Å². The van der Waals surface area contributed by atoms with E-state index < -0.39 is 38.3 Å². The molecule has 0 bridgehead atoms. The van der Waals surface area contributed by atoms with Crippen molar-refractivity contribution in [2.75, 3.05) is 12.3 Å². The molecule has 1 saturated carbocycles. The molecule has 13 heteroatoms. The van der Waals surface area contributed by atoms with Crippen LogP contribution in [0.4, 0.5) is 5.82 Å². The van der Waals surface area contributed by atoms with E-state index in [0.29, 0.717) is 34.8 Å². The molecule has 5 atom stereocenters. The maximum atomic E-state index is 11.0. The maximum Gasteiger partial charge on any atom is 0.469 e. The Balaban J connectivity index is 1.33. The Hall–Kier alpha value is -2.15. The van der Waals surface area contributed by atoms with E-state index in [9.17, 15) is 14.8 Å². The third-order valence-corrected chi connectivity index (χ3v) is 7.83. The highest BCUT2D eigenvalue weighted by molar-refractivity contribution is 7.98. The zero-order valence-corrected chi connectivity index (χ0v) is 20.2. The van der Waals surface area contributed by atoms with Gasteiger partial charge in [0, 0.05) is 11.9 Å². The molecule has 1 aliphatic carbocycles. The van der Waals surface area contributed by atoms with E-state index in [-0.39, 0.29) is 11.7 Å². The Kier molecular flexibility index (Phi) is 6.58. The van der Waals surface area contributed by atoms with Gasteiger partial charge in [0.25, 0.3) is 0 Å². The van der Waals surface area contributed by atoms with Crippen molar-refractivity contribution >= 4 is 36.4 Å². The van der Waals surface area contributed by atoms with Crippen LogP contribution in [0.25, 0.3) is 11.0 Å². The number of anilines is 1. The van der Waals surface area contributed by atoms with Crippen molar-refractivity contribution in [1.82, 2.24) is 15.0 Å². The van der Waals surface area contributed by atoms with Crippen LogP contribution < -0.4 is 5.73 Å². The molecule has 5 rings (SSSR count). The van der Waals surface area contributed by atoms with Gasteiger partial charge in [-0.1, -0.05) is 42.1 Å². The minimum atomic E-state index is -4.73. The van der Waals surface area contributed by atoms with Gasteiger partial charge in [-0.15, -0.1) is 0 Å². The quantitative estimate of drug-likeness (QED) is 0.164. The minimum absolute atomic E-state index is 0.144. The van der Waals surface area contributed by atoms with Gasteiger partial charge in [0.15, 0.2) is 11.0 Å². The van der Waals surface area contributed by atoms with E-state index in [1.54, 1.807) is 6.20 Å². The summed E-state index contributed by atoms with van der Waals surface area (Å²) in [5, 5.41) is 21.5. The first-order valence-corrected chi connectivity index (χ1v) is 13.5. The van der Waals surface area contributed by atoms with Crippen LogP contribution in [0, 0.1) is 5.92 Å². The summed E-state index contributed by atoms with van der Waals surface area (Å²) in [4.78, 5) is 31.3. The molecule has 1 aromatic carbocycles. The number of aliphatic hydroxyl groups is 2. The first kappa shape index (κ1) is 24.5. The second-order valence-corrected chi connectivity index (χ2v) is 11.0. The van der Waals surface area contributed by atoms with Crippen LogP contribution in [-0.2, 0) is 26.0 Å². The van der Waals surface area contributed by atoms with Crippen LogP contribution in [-0.4, -0.2) is 65.5 Å². The standard InChI is InChI=1S/C22H25N4O7PS/c23-20-17-16(25-21(26-20)35-11-12-4-2-1-3-5-12)13(6-7-24-17)8-14-9-22(14)19(28)18(27)15(33-22)10-32-34(29,30)31/h1-7,14-15,18-19,27-28H,8-11H2,(H2,23,25,26)(H2,29,30,31)/t14-,15+,18+,19+,22+/m0/s1. The fraction of sp³-hybridized carbons (Fsp3) is 0.409. The van der Waals surface area contributed by atoms with E-state index in [4.69, 9.17) is 25.2 Å². The number of phosphoric acid groups is 1. The summed E-state index contributed by atoms with van der Waals surface area (Å²) in [6.45, 7) is -0.527. The number of ether oxygens (including phenoxy) is 1. The molecule has 1 saturated heterocycles. The van der Waals surface area contributed by atoms with Gasteiger partial charge < -0.3 is 30.5 Å². The summed E-state index contributed by atoms with van der Waals surface area (Å²) in [6, 6.07) is 11.8. The summed E-state index contributed by atoms with van der Waals surface area (Å²) in [5.74, 6) is 0.817. The number of benzene rings is 1. The van der Waals surface area contributed by atoms with Gasteiger partial charge >= 0.3 is 7.82 Å². The Morgan fingerprint density at radius 1 is 1.17 bits per heavy atom. The number of aromatic nitrogens is 3. The van der Waals surface area contributed by atoms with Gasteiger partial charge in [0.1, 0.15) is 29.4 Å².